The molecule has 0 saturated heterocycles. The fraction of sp³-hybridized carbons (Fsp3) is 0.100. The molecule has 0 bridgehead atoms. The van der Waals surface area contributed by atoms with Crippen molar-refractivity contribution in [3.8, 4) is 17.6 Å². The van der Waals surface area contributed by atoms with Crippen LogP contribution in [0.3, 0.4) is 0 Å². The molecule has 8 heteroatoms. The zero-order chi connectivity index (χ0) is 19.9. The van der Waals surface area contributed by atoms with Crippen LogP contribution >= 0.6 is 0 Å². The molecule has 3 rings (SSSR count). The fourth-order valence-corrected chi connectivity index (χ4v) is 2.45. The molecular weight excluding hydrogens is 358 g/mol. The molecule has 2 aromatic carbocycles. The summed E-state index contributed by atoms with van der Waals surface area (Å²) < 4.78 is 10.4. The molecule has 2 N–H and O–H groups in total. The molecule has 0 aliphatic rings. The molecule has 0 spiro atoms. The number of anilines is 3. The Kier molecular flexibility index (Phi) is 5.67. The lowest BCUT2D eigenvalue weighted by Crippen LogP contribution is -2.15. The van der Waals surface area contributed by atoms with Crippen LogP contribution in [0.25, 0.3) is 0 Å². The van der Waals surface area contributed by atoms with E-state index in [9.17, 15) is 4.79 Å². The summed E-state index contributed by atoms with van der Waals surface area (Å²) in [4.78, 5) is 20.9. The van der Waals surface area contributed by atoms with Gasteiger partial charge in [0, 0.05) is 23.6 Å². The molecule has 8 nitrogen and oxygen atoms in total. The summed E-state index contributed by atoms with van der Waals surface area (Å²) in [5.41, 5.74) is 1.88. The topological polar surface area (TPSA) is 109 Å². The lowest BCUT2D eigenvalue weighted by molar-refractivity contribution is 0.102. The predicted octanol–water partition coefficient (Wildman–Crippen LogP) is 3.36. The molecule has 0 radical (unpaired) electrons. The molecule has 3 aromatic rings. The lowest BCUT2D eigenvalue weighted by Gasteiger charge is -2.11. The van der Waals surface area contributed by atoms with Crippen LogP contribution in [0, 0.1) is 11.3 Å². The van der Waals surface area contributed by atoms with E-state index in [0.717, 1.165) is 0 Å². The molecule has 140 valence electrons. The average molecular weight is 375 g/mol. The quantitative estimate of drug-likeness (QED) is 0.680. The van der Waals surface area contributed by atoms with Gasteiger partial charge in [-0.05, 0) is 36.4 Å². The van der Waals surface area contributed by atoms with E-state index in [-0.39, 0.29) is 11.6 Å². The highest BCUT2D eigenvalue weighted by atomic mass is 16.5. The number of hydrogen-bond acceptors (Lipinski definition) is 7. The molecule has 0 aliphatic heterocycles. The number of ether oxygens (including phenoxy) is 2. The highest BCUT2D eigenvalue weighted by Gasteiger charge is 2.12. The minimum absolute atomic E-state index is 0.184. The second-order valence-corrected chi connectivity index (χ2v) is 5.61. The Bertz CT molecular complexity index is 1050. The number of carbonyl (C=O) groups is 1. The molecule has 0 saturated carbocycles. The summed E-state index contributed by atoms with van der Waals surface area (Å²) in [5, 5.41) is 14.7. The maximum atomic E-state index is 12.5. The Morgan fingerprint density at radius 2 is 1.86 bits per heavy atom. The SMILES string of the molecule is COc1ccc(NC(=O)c2ccnc(Nc3cccc(C#N)c3)n2)cc1OC. The van der Waals surface area contributed by atoms with Crippen LogP contribution < -0.4 is 20.1 Å². The third-order valence-electron chi connectivity index (χ3n) is 3.78. The van der Waals surface area contributed by atoms with E-state index >= 15 is 0 Å². The Hall–Kier alpha value is -4.12. The van der Waals surface area contributed by atoms with Crippen LogP contribution in [-0.2, 0) is 0 Å². The Labute approximate surface area is 161 Å². The molecule has 0 unspecified atom stereocenters. The van der Waals surface area contributed by atoms with Crippen molar-refractivity contribution in [3.05, 3.63) is 66.0 Å². The number of nitriles is 1. The average Bonchev–Trinajstić information content (AvgIpc) is 2.74. The van der Waals surface area contributed by atoms with Crippen LogP contribution in [0.2, 0.25) is 0 Å². The number of benzene rings is 2. The first-order valence-electron chi connectivity index (χ1n) is 8.26. The summed E-state index contributed by atoms with van der Waals surface area (Å²) in [6.07, 6.45) is 1.48. The van der Waals surface area contributed by atoms with Gasteiger partial charge in [-0.3, -0.25) is 4.79 Å². The van der Waals surface area contributed by atoms with E-state index in [4.69, 9.17) is 14.7 Å². The van der Waals surface area contributed by atoms with Crippen LogP contribution in [0.4, 0.5) is 17.3 Å². The first-order chi connectivity index (χ1) is 13.6. The van der Waals surface area contributed by atoms with Crippen LogP contribution in [-0.4, -0.2) is 30.1 Å². The molecule has 1 heterocycles. The van der Waals surface area contributed by atoms with Crippen LogP contribution in [0.5, 0.6) is 11.5 Å². The number of nitrogens with zero attached hydrogens (tertiary/aromatic N) is 3. The van der Waals surface area contributed by atoms with Gasteiger partial charge >= 0.3 is 0 Å². The van der Waals surface area contributed by atoms with Crippen molar-refractivity contribution in [2.45, 2.75) is 0 Å². The normalized spacial score (nSPS) is 9.89. The zero-order valence-corrected chi connectivity index (χ0v) is 15.3. The molecule has 28 heavy (non-hydrogen) atoms. The van der Waals surface area contributed by atoms with Gasteiger partial charge in [0.2, 0.25) is 5.95 Å². The van der Waals surface area contributed by atoms with E-state index in [2.05, 4.69) is 26.7 Å². The van der Waals surface area contributed by atoms with Crippen molar-refractivity contribution in [2.24, 2.45) is 0 Å². The number of nitrogens with one attached hydrogen (secondary N) is 2. The third kappa shape index (κ3) is 4.34. The molecule has 1 amide bonds. The summed E-state index contributed by atoms with van der Waals surface area (Å²) >= 11 is 0. The molecule has 0 aliphatic carbocycles. The Morgan fingerprint density at radius 3 is 2.61 bits per heavy atom. The van der Waals surface area contributed by atoms with E-state index in [1.807, 2.05) is 0 Å². The highest BCUT2D eigenvalue weighted by Crippen LogP contribution is 2.29. The molecule has 0 atom stereocenters. The number of hydrogen-bond donors (Lipinski definition) is 2. The molecule has 1 aromatic heterocycles. The zero-order valence-electron chi connectivity index (χ0n) is 15.3. The van der Waals surface area contributed by atoms with Gasteiger partial charge < -0.3 is 20.1 Å². The van der Waals surface area contributed by atoms with Crippen molar-refractivity contribution in [3.63, 3.8) is 0 Å². The van der Waals surface area contributed by atoms with Gasteiger partial charge in [-0.2, -0.15) is 5.26 Å². The standard InChI is InChI=1S/C20H17N5O3/c1-27-17-7-6-15(11-18(17)28-2)23-19(26)16-8-9-22-20(25-16)24-14-5-3-4-13(10-14)12-21/h3-11H,1-2H3,(H,23,26)(H,22,24,25). The maximum absolute atomic E-state index is 12.5. The number of aromatic nitrogens is 2. The van der Waals surface area contributed by atoms with Gasteiger partial charge in [0.15, 0.2) is 11.5 Å². The highest BCUT2D eigenvalue weighted by molar-refractivity contribution is 6.03. The van der Waals surface area contributed by atoms with E-state index < -0.39 is 5.91 Å². The van der Waals surface area contributed by atoms with Gasteiger partial charge in [0.25, 0.3) is 5.91 Å². The Morgan fingerprint density at radius 1 is 1.04 bits per heavy atom. The first-order valence-corrected chi connectivity index (χ1v) is 8.26. The molecular formula is C20H17N5O3. The van der Waals surface area contributed by atoms with Gasteiger partial charge in [0.05, 0.1) is 25.9 Å². The van der Waals surface area contributed by atoms with Crippen LogP contribution in [0.1, 0.15) is 16.1 Å². The van der Waals surface area contributed by atoms with E-state index in [1.165, 1.54) is 26.5 Å². The first kappa shape index (κ1) is 18.7. The largest absolute Gasteiger partial charge is 0.493 e. The monoisotopic (exact) mass is 375 g/mol. The maximum Gasteiger partial charge on any atom is 0.274 e. The van der Waals surface area contributed by atoms with Gasteiger partial charge in [0.1, 0.15) is 5.69 Å². The summed E-state index contributed by atoms with van der Waals surface area (Å²) in [5.74, 6) is 0.912. The molecule has 0 fully saturated rings. The van der Waals surface area contributed by atoms with Crippen molar-refractivity contribution in [1.82, 2.24) is 9.97 Å². The summed E-state index contributed by atoms with van der Waals surface area (Å²) in [6, 6.07) is 15.5. The van der Waals surface area contributed by atoms with Crippen molar-refractivity contribution < 1.29 is 14.3 Å². The second-order valence-electron chi connectivity index (χ2n) is 5.61. The number of rotatable bonds is 6. The number of methoxy groups -OCH3 is 2. The summed E-state index contributed by atoms with van der Waals surface area (Å²) in [6.45, 7) is 0. The predicted molar refractivity (Wildman–Crippen MR) is 104 cm³/mol. The van der Waals surface area contributed by atoms with Crippen molar-refractivity contribution >= 4 is 23.2 Å². The second kappa shape index (κ2) is 8.51. The number of carbonyl (C=O) groups excluding carboxylic acids is 1. The van der Waals surface area contributed by atoms with Crippen molar-refractivity contribution in [2.75, 3.05) is 24.9 Å². The number of amides is 1. The van der Waals surface area contributed by atoms with Crippen molar-refractivity contribution in [1.29, 1.82) is 5.26 Å². The van der Waals surface area contributed by atoms with E-state index in [1.54, 1.807) is 42.5 Å². The van der Waals surface area contributed by atoms with Gasteiger partial charge in [-0.15, -0.1) is 0 Å². The smallest absolute Gasteiger partial charge is 0.274 e. The van der Waals surface area contributed by atoms with Gasteiger partial charge in [-0.25, -0.2) is 9.97 Å². The van der Waals surface area contributed by atoms with Crippen LogP contribution in [0.15, 0.2) is 54.7 Å². The Balaban J connectivity index is 1.76. The fourth-order valence-electron chi connectivity index (χ4n) is 2.45. The lowest BCUT2D eigenvalue weighted by atomic mass is 10.2. The third-order valence-corrected chi connectivity index (χ3v) is 3.78. The summed E-state index contributed by atoms with van der Waals surface area (Å²) in [7, 11) is 3.06. The van der Waals surface area contributed by atoms with Gasteiger partial charge in [-0.1, -0.05) is 6.07 Å². The van der Waals surface area contributed by atoms with E-state index in [0.29, 0.717) is 28.4 Å². The minimum Gasteiger partial charge on any atom is -0.493 e. The minimum atomic E-state index is -0.400.